The van der Waals surface area contributed by atoms with E-state index in [2.05, 4.69) is 10.6 Å². The van der Waals surface area contributed by atoms with Crippen LogP contribution in [-0.2, 0) is 16.1 Å². The SMILES string of the molecule is COc1ccc(NC(=O)C(=O)NCc2ccc(C(=O)c3cccs3)s2)cc1. The van der Waals surface area contributed by atoms with Crippen LogP contribution in [-0.4, -0.2) is 24.7 Å². The highest BCUT2D eigenvalue weighted by atomic mass is 32.1. The smallest absolute Gasteiger partial charge is 0.313 e. The minimum Gasteiger partial charge on any atom is -0.497 e. The number of thiophene rings is 2. The average molecular weight is 400 g/mol. The van der Waals surface area contributed by atoms with Crippen LogP contribution < -0.4 is 15.4 Å². The van der Waals surface area contributed by atoms with Crippen LogP contribution in [0.4, 0.5) is 5.69 Å². The topological polar surface area (TPSA) is 84.5 Å². The Kier molecular flexibility index (Phi) is 6.00. The molecule has 138 valence electrons. The zero-order chi connectivity index (χ0) is 19.2. The first-order valence-electron chi connectivity index (χ1n) is 7.97. The molecule has 2 N–H and O–H groups in total. The van der Waals surface area contributed by atoms with Gasteiger partial charge in [0.2, 0.25) is 5.78 Å². The molecule has 0 spiro atoms. The van der Waals surface area contributed by atoms with Gasteiger partial charge in [0.1, 0.15) is 5.75 Å². The summed E-state index contributed by atoms with van der Waals surface area (Å²) in [5.41, 5.74) is 0.496. The standard InChI is InChI=1S/C19H16N2O4S2/c1-25-13-6-4-12(5-7-13)21-19(24)18(23)20-11-14-8-9-16(27-14)17(22)15-3-2-10-26-15/h2-10H,11H2,1H3,(H,20,23)(H,21,24). The Labute approximate surface area is 163 Å². The minimum atomic E-state index is -0.758. The summed E-state index contributed by atoms with van der Waals surface area (Å²) in [5, 5.41) is 6.92. The van der Waals surface area contributed by atoms with Crippen LogP contribution in [0.15, 0.2) is 53.9 Å². The molecule has 0 aliphatic rings. The van der Waals surface area contributed by atoms with Crippen molar-refractivity contribution in [1.82, 2.24) is 5.32 Å². The quantitative estimate of drug-likeness (QED) is 0.491. The molecule has 1 aromatic carbocycles. The molecule has 3 aromatic rings. The van der Waals surface area contributed by atoms with Gasteiger partial charge in [-0.15, -0.1) is 22.7 Å². The summed E-state index contributed by atoms with van der Waals surface area (Å²) >= 11 is 2.68. The number of rotatable bonds is 6. The first kappa shape index (κ1) is 18.8. The summed E-state index contributed by atoms with van der Waals surface area (Å²) in [6.45, 7) is 0.178. The molecule has 2 amide bonds. The van der Waals surface area contributed by atoms with Crippen molar-refractivity contribution in [3.63, 3.8) is 0 Å². The third-order valence-electron chi connectivity index (χ3n) is 3.61. The van der Waals surface area contributed by atoms with Gasteiger partial charge >= 0.3 is 11.8 Å². The van der Waals surface area contributed by atoms with Crippen molar-refractivity contribution in [3.8, 4) is 5.75 Å². The highest BCUT2D eigenvalue weighted by molar-refractivity contribution is 7.16. The van der Waals surface area contributed by atoms with Crippen molar-refractivity contribution >= 4 is 46.0 Å². The second-order valence-corrected chi connectivity index (χ2v) is 7.55. The predicted octanol–water partition coefficient (Wildman–Crippen LogP) is 3.30. The number of nitrogens with one attached hydrogen (secondary N) is 2. The van der Waals surface area contributed by atoms with Crippen LogP contribution >= 0.6 is 22.7 Å². The summed E-state index contributed by atoms with van der Waals surface area (Å²) in [5.74, 6) is -0.884. The highest BCUT2D eigenvalue weighted by Gasteiger charge is 2.16. The van der Waals surface area contributed by atoms with E-state index in [1.807, 2.05) is 11.4 Å². The molecule has 27 heavy (non-hydrogen) atoms. The zero-order valence-electron chi connectivity index (χ0n) is 14.4. The predicted molar refractivity (Wildman–Crippen MR) is 106 cm³/mol. The lowest BCUT2D eigenvalue weighted by Gasteiger charge is -2.06. The number of hydrogen-bond acceptors (Lipinski definition) is 6. The van der Waals surface area contributed by atoms with Crippen molar-refractivity contribution < 1.29 is 19.1 Å². The van der Waals surface area contributed by atoms with Gasteiger partial charge in [-0.05, 0) is 47.8 Å². The van der Waals surface area contributed by atoms with Crippen molar-refractivity contribution in [3.05, 3.63) is 68.5 Å². The summed E-state index contributed by atoms with van der Waals surface area (Å²) in [6.07, 6.45) is 0. The lowest BCUT2D eigenvalue weighted by molar-refractivity contribution is -0.136. The number of benzene rings is 1. The van der Waals surface area contributed by atoms with Crippen LogP contribution in [0.1, 0.15) is 19.4 Å². The molecule has 2 aromatic heterocycles. The molecule has 0 saturated carbocycles. The Balaban J connectivity index is 1.52. The van der Waals surface area contributed by atoms with Gasteiger partial charge in [-0.25, -0.2) is 0 Å². The third-order valence-corrected chi connectivity index (χ3v) is 5.56. The molecule has 3 rings (SSSR count). The molecule has 0 radical (unpaired) electrons. The number of hydrogen-bond donors (Lipinski definition) is 2. The highest BCUT2D eigenvalue weighted by Crippen LogP contribution is 2.22. The van der Waals surface area contributed by atoms with Gasteiger partial charge in [0.05, 0.1) is 23.4 Å². The number of ketones is 1. The third kappa shape index (κ3) is 4.81. The van der Waals surface area contributed by atoms with E-state index in [9.17, 15) is 14.4 Å². The number of ether oxygens (including phenoxy) is 1. The van der Waals surface area contributed by atoms with E-state index in [0.29, 0.717) is 21.2 Å². The van der Waals surface area contributed by atoms with Crippen molar-refractivity contribution in [2.45, 2.75) is 6.54 Å². The Hall–Kier alpha value is -2.97. The van der Waals surface area contributed by atoms with E-state index >= 15 is 0 Å². The first-order chi connectivity index (χ1) is 13.1. The van der Waals surface area contributed by atoms with Crippen LogP contribution in [0.3, 0.4) is 0 Å². The molecule has 6 nitrogen and oxygen atoms in total. The first-order valence-corrected chi connectivity index (χ1v) is 9.66. The average Bonchev–Trinajstić information content (AvgIpc) is 3.38. The van der Waals surface area contributed by atoms with Crippen molar-refractivity contribution in [2.24, 2.45) is 0 Å². The van der Waals surface area contributed by atoms with Crippen LogP contribution in [0.5, 0.6) is 5.75 Å². The summed E-state index contributed by atoms with van der Waals surface area (Å²) in [7, 11) is 1.55. The molecule has 0 atom stereocenters. The van der Waals surface area contributed by atoms with Gasteiger partial charge in [0.15, 0.2) is 0 Å². The molecule has 8 heteroatoms. The van der Waals surface area contributed by atoms with E-state index < -0.39 is 11.8 Å². The van der Waals surface area contributed by atoms with Gasteiger partial charge in [-0.2, -0.15) is 0 Å². The van der Waals surface area contributed by atoms with E-state index in [1.54, 1.807) is 49.6 Å². The number of anilines is 1. The fourth-order valence-electron chi connectivity index (χ4n) is 2.23. The normalized spacial score (nSPS) is 10.3. The molecular weight excluding hydrogens is 384 g/mol. The molecule has 0 unspecified atom stereocenters. The Morgan fingerprint density at radius 1 is 0.963 bits per heavy atom. The van der Waals surface area contributed by atoms with E-state index in [4.69, 9.17) is 4.74 Å². The van der Waals surface area contributed by atoms with Crippen molar-refractivity contribution in [2.75, 3.05) is 12.4 Å². The zero-order valence-corrected chi connectivity index (χ0v) is 16.0. The van der Waals surface area contributed by atoms with Crippen molar-refractivity contribution in [1.29, 1.82) is 0 Å². The Morgan fingerprint density at radius 2 is 1.74 bits per heavy atom. The van der Waals surface area contributed by atoms with E-state index in [1.165, 1.54) is 22.7 Å². The lowest BCUT2D eigenvalue weighted by atomic mass is 10.3. The van der Waals surface area contributed by atoms with E-state index in [0.717, 1.165) is 4.88 Å². The number of methoxy groups -OCH3 is 1. The largest absolute Gasteiger partial charge is 0.497 e. The molecule has 0 fully saturated rings. The summed E-state index contributed by atoms with van der Waals surface area (Å²) in [4.78, 5) is 38.3. The Morgan fingerprint density at radius 3 is 2.41 bits per heavy atom. The second-order valence-electron chi connectivity index (χ2n) is 5.44. The summed E-state index contributed by atoms with van der Waals surface area (Å²) in [6, 6.07) is 13.8. The number of carbonyl (C=O) groups excluding carboxylic acids is 3. The Bertz CT molecular complexity index is 947. The second kappa shape index (κ2) is 8.61. The maximum absolute atomic E-state index is 12.3. The fraction of sp³-hybridized carbons (Fsp3) is 0.105. The van der Waals surface area contributed by atoms with Gasteiger partial charge in [0.25, 0.3) is 0 Å². The van der Waals surface area contributed by atoms with E-state index in [-0.39, 0.29) is 12.3 Å². The molecular formula is C19H16N2O4S2. The number of amides is 2. The minimum absolute atomic E-state index is 0.0372. The fourth-order valence-corrected chi connectivity index (χ4v) is 3.88. The summed E-state index contributed by atoms with van der Waals surface area (Å²) < 4.78 is 5.04. The van der Waals surface area contributed by atoms with Gasteiger partial charge < -0.3 is 15.4 Å². The van der Waals surface area contributed by atoms with Gasteiger partial charge in [-0.3, -0.25) is 14.4 Å². The molecule has 0 bridgehead atoms. The van der Waals surface area contributed by atoms with Gasteiger partial charge in [-0.1, -0.05) is 6.07 Å². The maximum atomic E-state index is 12.3. The lowest BCUT2D eigenvalue weighted by Crippen LogP contribution is -2.34. The maximum Gasteiger partial charge on any atom is 0.313 e. The molecule has 0 aliphatic heterocycles. The van der Waals surface area contributed by atoms with Crippen LogP contribution in [0.25, 0.3) is 0 Å². The number of carbonyl (C=O) groups is 3. The molecule has 0 aliphatic carbocycles. The monoisotopic (exact) mass is 400 g/mol. The molecule has 0 saturated heterocycles. The van der Waals surface area contributed by atoms with Crippen LogP contribution in [0, 0.1) is 0 Å². The van der Waals surface area contributed by atoms with Crippen LogP contribution in [0.2, 0.25) is 0 Å². The molecule has 2 heterocycles. The van der Waals surface area contributed by atoms with Gasteiger partial charge in [0, 0.05) is 10.6 Å².